The monoisotopic (exact) mass is 139 g/mol. The molecule has 0 aromatic heterocycles. The van der Waals surface area contributed by atoms with Crippen LogP contribution in [0, 0.1) is 4.91 Å². The predicted octanol–water partition coefficient (Wildman–Crippen LogP) is 0.998. The number of allylic oxidation sites excluding steroid dienone is 2. The summed E-state index contributed by atoms with van der Waals surface area (Å²) in [5, 5.41) is 12.0. The summed E-state index contributed by atoms with van der Waals surface area (Å²) in [5.74, 6) is 0. The van der Waals surface area contributed by atoms with Gasteiger partial charge < -0.3 is 5.11 Å². The van der Waals surface area contributed by atoms with E-state index in [2.05, 4.69) is 5.18 Å². The molecule has 3 nitrogen and oxygen atoms in total. The molecular formula is C7H9NO2. The molecule has 3 heteroatoms. The van der Waals surface area contributed by atoms with E-state index in [0.717, 1.165) is 5.57 Å². The molecule has 0 amide bonds. The highest BCUT2D eigenvalue weighted by Gasteiger charge is 2.20. The first-order chi connectivity index (χ1) is 4.75. The van der Waals surface area contributed by atoms with Crippen LogP contribution in [0.1, 0.15) is 6.92 Å². The fourth-order valence-electron chi connectivity index (χ4n) is 0.887. The van der Waals surface area contributed by atoms with Gasteiger partial charge in [0.25, 0.3) is 0 Å². The first kappa shape index (κ1) is 7.15. The summed E-state index contributed by atoms with van der Waals surface area (Å²) in [5.41, 5.74) is 0.784. The Morgan fingerprint density at radius 1 is 1.70 bits per heavy atom. The number of hydrogen-bond acceptors (Lipinski definition) is 3. The second-order valence-corrected chi connectivity index (χ2v) is 2.34. The maximum Gasteiger partial charge on any atom is 0.140 e. The molecule has 0 fully saturated rings. The lowest BCUT2D eigenvalue weighted by Crippen LogP contribution is -2.24. The van der Waals surface area contributed by atoms with Gasteiger partial charge in [-0.1, -0.05) is 23.4 Å². The normalized spacial score (nSPS) is 31.6. The first-order valence-electron chi connectivity index (χ1n) is 3.11. The highest BCUT2D eigenvalue weighted by Crippen LogP contribution is 2.14. The van der Waals surface area contributed by atoms with Crippen molar-refractivity contribution >= 4 is 0 Å². The summed E-state index contributed by atoms with van der Waals surface area (Å²) in [4.78, 5) is 10.0. The Labute approximate surface area is 59.0 Å². The van der Waals surface area contributed by atoms with Gasteiger partial charge in [-0.05, 0) is 12.5 Å². The summed E-state index contributed by atoms with van der Waals surface area (Å²) in [6, 6.07) is -0.593. The summed E-state index contributed by atoms with van der Waals surface area (Å²) >= 11 is 0. The molecule has 0 aromatic carbocycles. The second-order valence-electron chi connectivity index (χ2n) is 2.34. The minimum atomic E-state index is -0.720. The smallest absolute Gasteiger partial charge is 0.140 e. The molecule has 1 aliphatic rings. The third-order valence-electron chi connectivity index (χ3n) is 1.58. The molecule has 0 radical (unpaired) electrons. The van der Waals surface area contributed by atoms with Gasteiger partial charge >= 0.3 is 0 Å². The molecule has 0 unspecified atom stereocenters. The average molecular weight is 139 g/mol. The Morgan fingerprint density at radius 2 is 2.40 bits per heavy atom. The van der Waals surface area contributed by atoms with E-state index in [1.807, 2.05) is 0 Å². The van der Waals surface area contributed by atoms with Crippen LogP contribution in [0.15, 0.2) is 29.0 Å². The van der Waals surface area contributed by atoms with Crippen molar-refractivity contribution < 1.29 is 5.11 Å². The standard InChI is InChI=1S/C7H9NO2/c1-5-3-2-4-6(8-10)7(5)9/h2-4,6-7,9H,1H3/t6-,7+/m0/s1. The van der Waals surface area contributed by atoms with Gasteiger partial charge in [0.2, 0.25) is 0 Å². The summed E-state index contributed by atoms with van der Waals surface area (Å²) in [6.07, 6.45) is 4.37. The fourth-order valence-corrected chi connectivity index (χ4v) is 0.887. The molecule has 0 aromatic rings. The van der Waals surface area contributed by atoms with Crippen molar-refractivity contribution in [3.05, 3.63) is 28.7 Å². The molecular weight excluding hydrogens is 130 g/mol. The van der Waals surface area contributed by atoms with Crippen LogP contribution in [-0.4, -0.2) is 17.3 Å². The van der Waals surface area contributed by atoms with E-state index in [1.54, 1.807) is 25.2 Å². The van der Waals surface area contributed by atoms with E-state index in [0.29, 0.717) is 0 Å². The highest BCUT2D eigenvalue weighted by atomic mass is 16.3. The third-order valence-corrected chi connectivity index (χ3v) is 1.58. The molecule has 0 aliphatic heterocycles. The van der Waals surface area contributed by atoms with Crippen LogP contribution < -0.4 is 0 Å². The van der Waals surface area contributed by atoms with Crippen LogP contribution in [-0.2, 0) is 0 Å². The zero-order chi connectivity index (χ0) is 7.56. The van der Waals surface area contributed by atoms with E-state index in [9.17, 15) is 10.0 Å². The van der Waals surface area contributed by atoms with Crippen molar-refractivity contribution in [3.8, 4) is 0 Å². The number of rotatable bonds is 1. The Bertz CT molecular complexity index is 196. The average Bonchev–Trinajstić information content (AvgIpc) is 1.95. The number of nitrogens with zero attached hydrogens (tertiary/aromatic N) is 1. The maximum atomic E-state index is 10.0. The summed E-state index contributed by atoms with van der Waals surface area (Å²) in [7, 11) is 0. The lowest BCUT2D eigenvalue weighted by atomic mass is 9.99. The maximum absolute atomic E-state index is 10.0. The van der Waals surface area contributed by atoms with Gasteiger partial charge in [0.1, 0.15) is 12.1 Å². The zero-order valence-electron chi connectivity index (χ0n) is 5.69. The van der Waals surface area contributed by atoms with E-state index in [4.69, 9.17) is 0 Å². The topological polar surface area (TPSA) is 49.7 Å². The van der Waals surface area contributed by atoms with Crippen molar-refractivity contribution in [1.29, 1.82) is 0 Å². The van der Waals surface area contributed by atoms with Crippen LogP contribution in [0.3, 0.4) is 0 Å². The van der Waals surface area contributed by atoms with Crippen molar-refractivity contribution in [2.75, 3.05) is 0 Å². The lowest BCUT2D eigenvalue weighted by Gasteiger charge is -2.16. The van der Waals surface area contributed by atoms with Gasteiger partial charge in [-0.15, -0.1) is 0 Å². The number of nitroso groups, excluding NO2 is 1. The summed E-state index contributed by atoms with van der Waals surface area (Å²) < 4.78 is 0. The number of hydrogen-bond donors (Lipinski definition) is 1. The molecule has 2 atom stereocenters. The minimum absolute atomic E-state index is 0.593. The molecule has 10 heavy (non-hydrogen) atoms. The zero-order valence-corrected chi connectivity index (χ0v) is 5.69. The molecule has 0 spiro atoms. The molecule has 0 bridgehead atoms. The van der Waals surface area contributed by atoms with E-state index < -0.39 is 12.1 Å². The Kier molecular flexibility index (Phi) is 1.97. The first-order valence-corrected chi connectivity index (χ1v) is 3.11. The summed E-state index contributed by atoms with van der Waals surface area (Å²) in [6.45, 7) is 1.77. The number of aliphatic hydroxyl groups is 1. The Balaban J connectivity index is 2.77. The third kappa shape index (κ3) is 1.14. The van der Waals surface area contributed by atoms with Crippen molar-refractivity contribution in [1.82, 2.24) is 0 Å². The van der Waals surface area contributed by atoms with Crippen LogP contribution in [0.5, 0.6) is 0 Å². The van der Waals surface area contributed by atoms with Crippen LogP contribution >= 0.6 is 0 Å². The largest absolute Gasteiger partial charge is 0.386 e. The Morgan fingerprint density at radius 3 is 2.90 bits per heavy atom. The van der Waals surface area contributed by atoms with Gasteiger partial charge in [0.15, 0.2) is 0 Å². The molecule has 0 heterocycles. The van der Waals surface area contributed by atoms with Gasteiger partial charge in [0.05, 0.1) is 0 Å². The lowest BCUT2D eigenvalue weighted by molar-refractivity contribution is 0.194. The van der Waals surface area contributed by atoms with Gasteiger partial charge in [-0.25, -0.2) is 0 Å². The number of aliphatic hydroxyl groups excluding tert-OH is 1. The highest BCUT2D eigenvalue weighted by molar-refractivity contribution is 5.25. The van der Waals surface area contributed by atoms with E-state index >= 15 is 0 Å². The van der Waals surface area contributed by atoms with Gasteiger partial charge in [0, 0.05) is 0 Å². The SMILES string of the molecule is CC1=CC=C[C@H](N=O)[C@@H]1O. The molecule has 1 rings (SSSR count). The van der Waals surface area contributed by atoms with Gasteiger partial charge in [-0.3, -0.25) is 0 Å². The molecule has 54 valence electrons. The van der Waals surface area contributed by atoms with E-state index in [1.165, 1.54) is 0 Å². The van der Waals surface area contributed by atoms with Crippen LogP contribution in [0.2, 0.25) is 0 Å². The quantitative estimate of drug-likeness (QED) is 0.551. The fraction of sp³-hybridized carbons (Fsp3) is 0.429. The molecule has 0 saturated carbocycles. The van der Waals surface area contributed by atoms with Crippen molar-refractivity contribution in [2.45, 2.75) is 19.1 Å². The van der Waals surface area contributed by atoms with Gasteiger partial charge in [-0.2, -0.15) is 4.91 Å². The molecule has 1 N–H and O–H groups in total. The Hall–Kier alpha value is -0.960. The van der Waals surface area contributed by atoms with Crippen molar-refractivity contribution in [2.24, 2.45) is 5.18 Å². The minimum Gasteiger partial charge on any atom is -0.386 e. The second kappa shape index (κ2) is 2.75. The molecule has 1 aliphatic carbocycles. The molecule has 0 saturated heterocycles. The van der Waals surface area contributed by atoms with Crippen LogP contribution in [0.4, 0.5) is 0 Å². The van der Waals surface area contributed by atoms with Crippen LogP contribution in [0.25, 0.3) is 0 Å². The predicted molar refractivity (Wildman–Crippen MR) is 38.5 cm³/mol. The van der Waals surface area contributed by atoms with E-state index in [-0.39, 0.29) is 0 Å². The van der Waals surface area contributed by atoms with Crippen molar-refractivity contribution in [3.63, 3.8) is 0 Å².